The van der Waals surface area contributed by atoms with Crippen molar-refractivity contribution in [2.24, 2.45) is 0 Å². The summed E-state index contributed by atoms with van der Waals surface area (Å²) in [5.41, 5.74) is -8.45. The van der Waals surface area contributed by atoms with Crippen LogP contribution in [0.25, 0.3) is 0 Å². The molecule has 23 nitrogen and oxygen atoms in total. The molecule has 0 saturated heterocycles. The van der Waals surface area contributed by atoms with Gasteiger partial charge in [-0.05, 0) is 0 Å². The molecule has 0 heterocycles. The van der Waals surface area contributed by atoms with Crippen molar-refractivity contribution in [2.45, 2.75) is 55.3 Å². The third kappa shape index (κ3) is 28.8. The summed E-state index contributed by atoms with van der Waals surface area (Å²) in [6.45, 7) is 0. The average molecular weight is 678 g/mol. The molecular weight excluding hydrogens is 653 g/mol. The number of aliphatic hydroxyl groups is 3. The van der Waals surface area contributed by atoms with Crippen LogP contribution in [-0.2, 0) is 43.2 Å². The van der Waals surface area contributed by atoms with Crippen LogP contribution in [0.15, 0.2) is 0 Å². The molecule has 0 aromatic carbocycles. The van der Waals surface area contributed by atoms with Crippen molar-refractivity contribution >= 4 is 53.7 Å². The van der Waals surface area contributed by atoms with E-state index in [-0.39, 0.29) is 99.6 Å². The molecule has 0 unspecified atom stereocenters. The number of hydrogen-bond acceptors (Lipinski definition) is 15. The first-order valence-electron chi connectivity index (χ1n) is 9.45. The Morgan fingerprint density at radius 1 is 0.409 bits per heavy atom. The van der Waals surface area contributed by atoms with Crippen LogP contribution >= 0.6 is 0 Å². The minimum atomic E-state index is -2.97. The SMILES string of the molecule is O.O.O=C(O)CC(O)(CC(=O)O)C(=O)O.O=C(O)CC(O)(CC(=O)O)C(=O)O.O=C([O-])CC(O)(CC(=O)[O-])C(=O)[O-].[Na+].[Na+].[Na+]. The van der Waals surface area contributed by atoms with E-state index in [1.165, 1.54) is 0 Å². The summed E-state index contributed by atoms with van der Waals surface area (Å²) in [4.78, 5) is 91.0. The molecule has 0 saturated carbocycles. The molecule has 44 heavy (non-hydrogen) atoms. The van der Waals surface area contributed by atoms with E-state index in [0.29, 0.717) is 0 Å². The molecule has 0 atom stereocenters. The van der Waals surface area contributed by atoms with Gasteiger partial charge in [0.2, 0.25) is 0 Å². The first kappa shape index (κ1) is 61.1. The van der Waals surface area contributed by atoms with Crippen LogP contribution in [0.5, 0.6) is 0 Å². The fraction of sp³-hybridized carbons (Fsp3) is 0.500. The van der Waals surface area contributed by atoms with Gasteiger partial charge >= 0.3 is 124 Å². The van der Waals surface area contributed by atoms with Gasteiger partial charge in [0.15, 0.2) is 11.2 Å². The Bertz CT molecular complexity index is 823. The third-order valence-electron chi connectivity index (χ3n) is 3.82. The normalized spacial score (nSPS) is 9.61. The van der Waals surface area contributed by atoms with Crippen LogP contribution in [-0.4, -0.2) is 127 Å². The van der Waals surface area contributed by atoms with Crippen molar-refractivity contribution in [3.63, 3.8) is 0 Å². The molecule has 0 aliphatic rings. The van der Waals surface area contributed by atoms with Gasteiger partial charge in [0.1, 0.15) is 5.60 Å². The molecule has 0 bridgehead atoms. The number of carbonyl (C=O) groups excluding carboxylic acids is 3. The maximum absolute atomic E-state index is 10.3. The van der Waals surface area contributed by atoms with E-state index in [1.807, 2.05) is 0 Å². The standard InChI is InChI=1S/3C6H8O7.3Na.2H2O/c3*7-3(8)1-6(13,5(11)12)2-4(9)10;;;;;/h3*13H,1-2H2,(H,7,8)(H,9,10)(H,11,12);;;;2*1H2/q;;;3*+1;;/p-3. The smallest absolute Gasteiger partial charge is 0.550 e. The number of rotatable bonds is 15. The van der Waals surface area contributed by atoms with Gasteiger partial charge in [-0.2, -0.15) is 0 Å². The third-order valence-corrected chi connectivity index (χ3v) is 3.82. The Kier molecular flexibility index (Phi) is 38.0. The average Bonchev–Trinajstić information content (AvgIpc) is 2.64. The Labute approximate surface area is 310 Å². The van der Waals surface area contributed by atoms with Gasteiger partial charge in [-0.1, -0.05) is 0 Å². The first-order chi connectivity index (χ1) is 17.3. The second-order valence-corrected chi connectivity index (χ2v) is 7.37. The molecule has 0 aromatic rings. The van der Waals surface area contributed by atoms with E-state index in [0.717, 1.165) is 0 Å². The van der Waals surface area contributed by atoms with Crippen molar-refractivity contribution in [1.82, 2.24) is 0 Å². The second-order valence-electron chi connectivity index (χ2n) is 7.37. The molecule has 26 heteroatoms. The zero-order valence-electron chi connectivity index (χ0n) is 23.2. The molecule has 0 fully saturated rings. The van der Waals surface area contributed by atoms with Crippen molar-refractivity contribution in [2.75, 3.05) is 0 Å². The van der Waals surface area contributed by atoms with Crippen molar-refractivity contribution < 1.29 is 204 Å². The van der Waals surface area contributed by atoms with Gasteiger partial charge in [-0.15, -0.1) is 0 Å². The van der Waals surface area contributed by atoms with Crippen LogP contribution in [0.3, 0.4) is 0 Å². The molecule has 0 aliphatic carbocycles. The maximum Gasteiger partial charge on any atom is 1.00 e. The minimum absolute atomic E-state index is 0. The summed E-state index contributed by atoms with van der Waals surface area (Å²) >= 11 is 0. The van der Waals surface area contributed by atoms with Crippen LogP contribution in [0.1, 0.15) is 38.5 Å². The minimum Gasteiger partial charge on any atom is -0.550 e. The molecular formula is C18H25Na3O23. The Hall–Kier alpha value is -1.97. The van der Waals surface area contributed by atoms with Gasteiger partial charge in [0.05, 0.1) is 31.7 Å². The zero-order chi connectivity index (χ0) is 31.9. The monoisotopic (exact) mass is 678 g/mol. The van der Waals surface area contributed by atoms with E-state index >= 15 is 0 Å². The fourth-order valence-corrected chi connectivity index (χ4v) is 2.11. The van der Waals surface area contributed by atoms with E-state index in [9.17, 15) is 58.5 Å². The van der Waals surface area contributed by atoms with Gasteiger partial charge in [-0.25, -0.2) is 9.59 Å². The van der Waals surface area contributed by atoms with Crippen LogP contribution < -0.4 is 104 Å². The number of carbonyl (C=O) groups is 9. The molecule has 0 rings (SSSR count). The molecule has 0 amide bonds. The number of carboxylic acids is 9. The van der Waals surface area contributed by atoms with Gasteiger partial charge in [0, 0.05) is 24.8 Å². The summed E-state index contributed by atoms with van der Waals surface area (Å²) in [7, 11) is 0. The molecule has 0 aliphatic heterocycles. The fourth-order valence-electron chi connectivity index (χ4n) is 2.11. The van der Waals surface area contributed by atoms with Crippen molar-refractivity contribution in [1.29, 1.82) is 0 Å². The van der Waals surface area contributed by atoms with Crippen molar-refractivity contribution in [3.8, 4) is 0 Å². The van der Waals surface area contributed by atoms with E-state index < -0.39 is 109 Å². The topological polar surface area (TPSA) is 468 Å². The van der Waals surface area contributed by atoms with Crippen LogP contribution in [0.2, 0.25) is 0 Å². The number of carboxylic acid groups (broad SMARTS) is 9. The van der Waals surface area contributed by atoms with E-state index in [1.54, 1.807) is 0 Å². The Morgan fingerprint density at radius 3 is 0.682 bits per heavy atom. The Morgan fingerprint density at radius 2 is 0.591 bits per heavy atom. The van der Waals surface area contributed by atoms with Gasteiger partial charge < -0.3 is 86.6 Å². The van der Waals surface area contributed by atoms with Crippen LogP contribution in [0.4, 0.5) is 0 Å². The van der Waals surface area contributed by atoms with Crippen LogP contribution in [0, 0.1) is 0 Å². The summed E-state index contributed by atoms with van der Waals surface area (Å²) in [6.07, 6.45) is -7.29. The Balaban J connectivity index is -0.0000000697. The quantitative estimate of drug-likeness (QED) is 0.0726. The maximum atomic E-state index is 10.3. The summed E-state index contributed by atoms with van der Waals surface area (Å²) in [6, 6.07) is 0. The zero-order valence-corrected chi connectivity index (χ0v) is 29.2. The van der Waals surface area contributed by atoms with Gasteiger partial charge in [-0.3, -0.25) is 19.2 Å². The largest absolute Gasteiger partial charge is 1.00 e. The predicted octanol–water partition coefficient (Wildman–Crippen LogP) is -18.4. The first-order valence-corrected chi connectivity index (χ1v) is 9.45. The molecule has 238 valence electrons. The van der Waals surface area contributed by atoms with Gasteiger partial charge in [0.25, 0.3) is 0 Å². The molecule has 0 aromatic heterocycles. The summed E-state index contributed by atoms with van der Waals surface area (Å²) < 4.78 is 0. The summed E-state index contributed by atoms with van der Waals surface area (Å²) in [5.74, 6) is -16.0. The number of aliphatic carboxylic acids is 9. The molecule has 13 N–H and O–H groups in total. The van der Waals surface area contributed by atoms with E-state index in [2.05, 4.69) is 0 Å². The predicted molar refractivity (Wildman–Crippen MR) is 111 cm³/mol. The van der Waals surface area contributed by atoms with Crippen molar-refractivity contribution in [3.05, 3.63) is 0 Å². The second kappa shape index (κ2) is 27.3. The van der Waals surface area contributed by atoms with E-state index in [4.69, 9.17) is 46.0 Å². The molecule has 0 radical (unpaired) electrons. The summed E-state index contributed by atoms with van der Waals surface area (Å²) in [5, 5.41) is 107. The molecule has 0 spiro atoms. The number of hydrogen-bond donors (Lipinski definition) is 9.